The Morgan fingerprint density at radius 2 is 2.20 bits per heavy atom. The molecule has 0 atom stereocenters. The lowest BCUT2D eigenvalue weighted by Gasteiger charge is -2.18. The predicted molar refractivity (Wildman–Crippen MR) is 61.7 cm³/mol. The number of aromatic nitrogens is 1. The van der Waals surface area contributed by atoms with Gasteiger partial charge in [0.15, 0.2) is 0 Å². The van der Waals surface area contributed by atoms with Crippen LogP contribution in [0.25, 0.3) is 10.2 Å². The standard InChI is InChI=1S/C11H13FN2S/c1-11(2,6-13)10-14-8-4-3-7(12)5-9(8)15-10/h3-5H,6,13H2,1-2H3. The van der Waals surface area contributed by atoms with E-state index in [1.54, 1.807) is 6.07 Å². The molecule has 0 bridgehead atoms. The lowest BCUT2D eigenvalue weighted by atomic mass is 9.95. The summed E-state index contributed by atoms with van der Waals surface area (Å²) in [5.74, 6) is -0.219. The third kappa shape index (κ3) is 1.87. The molecular formula is C11H13FN2S. The highest BCUT2D eigenvalue weighted by molar-refractivity contribution is 7.18. The number of halogens is 1. The van der Waals surface area contributed by atoms with Crippen molar-refractivity contribution >= 4 is 21.6 Å². The van der Waals surface area contributed by atoms with Gasteiger partial charge in [-0.25, -0.2) is 9.37 Å². The van der Waals surface area contributed by atoms with Gasteiger partial charge < -0.3 is 5.73 Å². The number of nitrogens with two attached hydrogens (primary N) is 1. The molecule has 2 N–H and O–H groups in total. The fourth-order valence-electron chi connectivity index (χ4n) is 1.28. The van der Waals surface area contributed by atoms with Gasteiger partial charge in [-0.05, 0) is 18.2 Å². The summed E-state index contributed by atoms with van der Waals surface area (Å²) in [6, 6.07) is 4.65. The Labute approximate surface area is 91.9 Å². The minimum atomic E-state index is -0.219. The zero-order valence-corrected chi connectivity index (χ0v) is 9.57. The fourth-order valence-corrected chi connectivity index (χ4v) is 2.38. The molecule has 80 valence electrons. The molecule has 2 nitrogen and oxygen atoms in total. The zero-order valence-electron chi connectivity index (χ0n) is 8.75. The number of fused-ring (bicyclic) bond motifs is 1. The third-order valence-corrected chi connectivity index (χ3v) is 3.82. The van der Waals surface area contributed by atoms with Crippen LogP contribution in [0.15, 0.2) is 18.2 Å². The van der Waals surface area contributed by atoms with Crippen LogP contribution in [0.2, 0.25) is 0 Å². The number of thiazole rings is 1. The van der Waals surface area contributed by atoms with E-state index in [0.717, 1.165) is 15.2 Å². The van der Waals surface area contributed by atoms with Crippen molar-refractivity contribution in [2.24, 2.45) is 5.73 Å². The van der Waals surface area contributed by atoms with E-state index in [9.17, 15) is 4.39 Å². The molecule has 0 aliphatic carbocycles. The molecule has 1 aromatic carbocycles. The molecule has 0 radical (unpaired) electrons. The Balaban J connectivity index is 2.56. The normalized spacial score (nSPS) is 12.3. The molecule has 1 aromatic heterocycles. The second kappa shape index (κ2) is 3.54. The van der Waals surface area contributed by atoms with Gasteiger partial charge in [0.1, 0.15) is 10.8 Å². The number of hydrogen-bond donors (Lipinski definition) is 1. The van der Waals surface area contributed by atoms with Gasteiger partial charge in [-0.1, -0.05) is 13.8 Å². The van der Waals surface area contributed by atoms with Crippen LogP contribution in [0.4, 0.5) is 4.39 Å². The molecule has 2 rings (SSSR count). The van der Waals surface area contributed by atoms with Crippen molar-refractivity contribution in [1.82, 2.24) is 4.98 Å². The molecule has 0 amide bonds. The minimum Gasteiger partial charge on any atom is -0.330 e. The molecule has 0 unspecified atom stereocenters. The van der Waals surface area contributed by atoms with Crippen molar-refractivity contribution in [3.63, 3.8) is 0 Å². The van der Waals surface area contributed by atoms with Crippen molar-refractivity contribution in [3.05, 3.63) is 29.0 Å². The first kappa shape index (κ1) is 10.5. The van der Waals surface area contributed by atoms with E-state index in [4.69, 9.17) is 5.73 Å². The summed E-state index contributed by atoms with van der Waals surface area (Å²) in [7, 11) is 0. The van der Waals surface area contributed by atoms with E-state index < -0.39 is 0 Å². The fraction of sp³-hybridized carbons (Fsp3) is 0.364. The van der Waals surface area contributed by atoms with Crippen LogP contribution in [0, 0.1) is 5.82 Å². The number of nitrogens with zero attached hydrogens (tertiary/aromatic N) is 1. The maximum Gasteiger partial charge on any atom is 0.124 e. The molecular weight excluding hydrogens is 211 g/mol. The molecule has 0 fully saturated rings. The van der Waals surface area contributed by atoms with Gasteiger partial charge in [-0.2, -0.15) is 0 Å². The predicted octanol–water partition coefficient (Wildman–Crippen LogP) is 2.67. The van der Waals surface area contributed by atoms with Gasteiger partial charge in [-0.15, -0.1) is 11.3 Å². The summed E-state index contributed by atoms with van der Waals surface area (Å²) < 4.78 is 13.9. The van der Waals surface area contributed by atoms with Crippen LogP contribution in [0.5, 0.6) is 0 Å². The van der Waals surface area contributed by atoms with Gasteiger partial charge in [0.05, 0.1) is 10.2 Å². The molecule has 0 saturated carbocycles. The van der Waals surface area contributed by atoms with Crippen LogP contribution in [0.1, 0.15) is 18.9 Å². The summed E-state index contributed by atoms with van der Waals surface area (Å²) in [6.45, 7) is 4.62. The van der Waals surface area contributed by atoms with Crippen LogP contribution in [-0.4, -0.2) is 11.5 Å². The molecule has 4 heteroatoms. The Morgan fingerprint density at radius 3 is 2.87 bits per heavy atom. The van der Waals surface area contributed by atoms with Gasteiger partial charge >= 0.3 is 0 Å². The summed E-state index contributed by atoms with van der Waals surface area (Å²) in [5, 5.41) is 0.964. The summed E-state index contributed by atoms with van der Waals surface area (Å²) in [5.41, 5.74) is 6.39. The summed E-state index contributed by atoms with van der Waals surface area (Å²) >= 11 is 1.51. The van der Waals surface area contributed by atoms with Gasteiger partial charge in [-0.3, -0.25) is 0 Å². The first-order valence-electron chi connectivity index (χ1n) is 4.79. The van der Waals surface area contributed by atoms with Crippen molar-refractivity contribution in [3.8, 4) is 0 Å². The highest BCUT2D eigenvalue weighted by Crippen LogP contribution is 2.31. The lowest BCUT2D eigenvalue weighted by Crippen LogP contribution is -2.27. The van der Waals surface area contributed by atoms with Gasteiger partial charge in [0.2, 0.25) is 0 Å². The van der Waals surface area contributed by atoms with Crippen molar-refractivity contribution < 1.29 is 4.39 Å². The van der Waals surface area contributed by atoms with Crippen molar-refractivity contribution in [1.29, 1.82) is 0 Å². The third-order valence-electron chi connectivity index (χ3n) is 2.44. The van der Waals surface area contributed by atoms with E-state index in [0.29, 0.717) is 6.54 Å². The minimum absolute atomic E-state index is 0.139. The molecule has 0 aliphatic heterocycles. The maximum absolute atomic E-state index is 13.0. The molecule has 15 heavy (non-hydrogen) atoms. The summed E-state index contributed by atoms with van der Waals surface area (Å²) in [6.07, 6.45) is 0. The van der Waals surface area contributed by atoms with Crippen molar-refractivity contribution in [2.75, 3.05) is 6.54 Å². The first-order valence-corrected chi connectivity index (χ1v) is 5.61. The lowest BCUT2D eigenvalue weighted by molar-refractivity contribution is 0.536. The van der Waals surface area contributed by atoms with Crippen LogP contribution >= 0.6 is 11.3 Å². The van der Waals surface area contributed by atoms with E-state index in [1.807, 2.05) is 13.8 Å². The SMILES string of the molecule is CC(C)(CN)c1nc2ccc(F)cc2s1. The number of hydrogen-bond acceptors (Lipinski definition) is 3. The van der Waals surface area contributed by atoms with E-state index in [-0.39, 0.29) is 11.2 Å². The molecule has 0 spiro atoms. The van der Waals surface area contributed by atoms with Crippen LogP contribution in [-0.2, 0) is 5.41 Å². The maximum atomic E-state index is 13.0. The Morgan fingerprint density at radius 1 is 1.47 bits per heavy atom. The molecule has 0 aliphatic rings. The molecule has 1 heterocycles. The topological polar surface area (TPSA) is 38.9 Å². The second-order valence-electron chi connectivity index (χ2n) is 4.22. The number of rotatable bonds is 2. The average molecular weight is 224 g/mol. The van der Waals surface area contributed by atoms with E-state index in [1.165, 1.54) is 23.5 Å². The molecule has 2 aromatic rings. The number of benzene rings is 1. The Hall–Kier alpha value is -1.000. The summed E-state index contributed by atoms with van der Waals surface area (Å²) in [4.78, 5) is 4.47. The Bertz CT molecular complexity index is 490. The van der Waals surface area contributed by atoms with Crippen LogP contribution < -0.4 is 5.73 Å². The second-order valence-corrected chi connectivity index (χ2v) is 5.25. The van der Waals surface area contributed by atoms with Crippen LogP contribution in [0.3, 0.4) is 0 Å². The zero-order chi connectivity index (χ0) is 11.1. The largest absolute Gasteiger partial charge is 0.330 e. The average Bonchev–Trinajstić information content (AvgIpc) is 2.61. The first-order chi connectivity index (χ1) is 7.03. The van der Waals surface area contributed by atoms with Gasteiger partial charge in [0, 0.05) is 12.0 Å². The highest BCUT2D eigenvalue weighted by atomic mass is 32.1. The Kier molecular flexibility index (Phi) is 2.48. The van der Waals surface area contributed by atoms with E-state index >= 15 is 0 Å². The smallest absolute Gasteiger partial charge is 0.124 e. The van der Waals surface area contributed by atoms with Crippen molar-refractivity contribution in [2.45, 2.75) is 19.3 Å². The monoisotopic (exact) mass is 224 g/mol. The van der Waals surface area contributed by atoms with Gasteiger partial charge in [0.25, 0.3) is 0 Å². The quantitative estimate of drug-likeness (QED) is 0.851. The molecule has 0 saturated heterocycles. The highest BCUT2D eigenvalue weighted by Gasteiger charge is 2.22. The van der Waals surface area contributed by atoms with E-state index in [2.05, 4.69) is 4.98 Å².